The molecular weight excluding hydrogens is 454 g/mol. The molecule has 0 fully saturated rings. The molecule has 0 atom stereocenters. The minimum absolute atomic E-state index is 0.238. The van der Waals surface area contributed by atoms with Crippen molar-refractivity contribution in [3.8, 4) is 11.5 Å². The van der Waals surface area contributed by atoms with E-state index in [2.05, 4.69) is 22.4 Å². The van der Waals surface area contributed by atoms with Crippen molar-refractivity contribution in [2.45, 2.75) is 40.5 Å². The van der Waals surface area contributed by atoms with E-state index in [1.807, 2.05) is 73.4 Å². The zero-order valence-corrected chi connectivity index (χ0v) is 21.1. The van der Waals surface area contributed by atoms with Gasteiger partial charge in [-0.15, -0.1) is 0 Å². The smallest absolute Gasteiger partial charge is 0.248 e. The van der Waals surface area contributed by atoms with Gasteiger partial charge in [0, 0.05) is 35.6 Å². The fourth-order valence-corrected chi connectivity index (χ4v) is 3.89. The van der Waals surface area contributed by atoms with Crippen molar-refractivity contribution in [3.05, 3.63) is 95.1 Å². The number of methoxy groups -OCH3 is 1. The van der Waals surface area contributed by atoms with E-state index in [0.717, 1.165) is 46.0 Å². The van der Waals surface area contributed by atoms with Crippen LogP contribution >= 0.6 is 0 Å². The number of carbonyl (C=O) groups excluding carboxylic acids is 1. The maximum Gasteiger partial charge on any atom is 0.248 e. The summed E-state index contributed by atoms with van der Waals surface area (Å²) in [6.07, 6.45) is 8.57. The second-order valence-electron chi connectivity index (χ2n) is 8.50. The number of nitrogens with one attached hydrogen (secondary N) is 1. The summed E-state index contributed by atoms with van der Waals surface area (Å²) in [4.78, 5) is 12.5. The van der Waals surface area contributed by atoms with Crippen molar-refractivity contribution in [2.24, 2.45) is 0 Å². The average molecular weight is 486 g/mol. The van der Waals surface area contributed by atoms with Gasteiger partial charge in [0.05, 0.1) is 31.7 Å². The van der Waals surface area contributed by atoms with Gasteiger partial charge < -0.3 is 14.8 Å². The Morgan fingerprint density at radius 1 is 1.08 bits per heavy atom. The van der Waals surface area contributed by atoms with Crippen LogP contribution in [-0.2, 0) is 24.5 Å². The van der Waals surface area contributed by atoms with Gasteiger partial charge in [-0.3, -0.25) is 14.2 Å². The van der Waals surface area contributed by atoms with E-state index in [-0.39, 0.29) is 5.91 Å². The van der Waals surface area contributed by atoms with Gasteiger partial charge >= 0.3 is 0 Å². The Morgan fingerprint density at radius 3 is 2.69 bits per heavy atom. The first-order valence-electron chi connectivity index (χ1n) is 11.8. The van der Waals surface area contributed by atoms with Gasteiger partial charge in [-0.05, 0) is 62.2 Å². The third-order valence-electron chi connectivity index (χ3n) is 5.85. The van der Waals surface area contributed by atoms with E-state index in [1.165, 1.54) is 6.08 Å². The van der Waals surface area contributed by atoms with Crippen LogP contribution in [0.4, 0.5) is 5.69 Å². The molecule has 2 heterocycles. The number of aromatic nitrogens is 4. The van der Waals surface area contributed by atoms with Crippen LogP contribution in [-0.4, -0.2) is 32.6 Å². The standard InChI is InChI=1S/C28H31N5O3/c1-5-33-21(3)24(15-30-33)17-32-18-25(16-29-32)31-28(34)12-10-22-9-11-27(35-4)23(14-22)19-36-26-8-6-7-20(2)13-26/h6-16,18H,5,17,19H2,1-4H3,(H,31,34)/b12-10+. The van der Waals surface area contributed by atoms with E-state index in [0.29, 0.717) is 18.8 Å². The topological polar surface area (TPSA) is 83.2 Å². The Balaban J connectivity index is 1.37. The van der Waals surface area contributed by atoms with E-state index in [9.17, 15) is 4.79 Å². The Bertz CT molecular complexity index is 1370. The van der Waals surface area contributed by atoms with Gasteiger partial charge in [0.2, 0.25) is 5.91 Å². The zero-order valence-electron chi connectivity index (χ0n) is 21.1. The van der Waals surface area contributed by atoms with Crippen molar-refractivity contribution in [2.75, 3.05) is 12.4 Å². The molecule has 186 valence electrons. The first-order valence-corrected chi connectivity index (χ1v) is 11.8. The van der Waals surface area contributed by atoms with Crippen LogP contribution in [0, 0.1) is 13.8 Å². The van der Waals surface area contributed by atoms with Gasteiger partial charge in [-0.1, -0.05) is 18.2 Å². The van der Waals surface area contributed by atoms with Crippen LogP contribution in [0.15, 0.2) is 67.1 Å². The fourth-order valence-electron chi connectivity index (χ4n) is 3.89. The summed E-state index contributed by atoms with van der Waals surface area (Å²) in [7, 11) is 1.63. The highest BCUT2D eigenvalue weighted by molar-refractivity contribution is 6.01. The molecule has 1 N–H and O–H groups in total. The molecule has 0 saturated heterocycles. The maximum absolute atomic E-state index is 12.5. The predicted octanol–water partition coefficient (Wildman–Crippen LogP) is 5.00. The number of hydrogen-bond donors (Lipinski definition) is 1. The van der Waals surface area contributed by atoms with Crippen LogP contribution in [0.25, 0.3) is 6.08 Å². The summed E-state index contributed by atoms with van der Waals surface area (Å²) < 4.78 is 15.2. The van der Waals surface area contributed by atoms with Gasteiger partial charge in [-0.25, -0.2) is 0 Å². The summed E-state index contributed by atoms with van der Waals surface area (Å²) >= 11 is 0. The second-order valence-corrected chi connectivity index (χ2v) is 8.50. The number of amides is 1. The third kappa shape index (κ3) is 6.21. The fraction of sp³-hybridized carbons (Fsp3) is 0.250. The highest BCUT2D eigenvalue weighted by Gasteiger charge is 2.09. The lowest BCUT2D eigenvalue weighted by Gasteiger charge is -2.11. The quantitative estimate of drug-likeness (QED) is 0.320. The first kappa shape index (κ1) is 24.8. The Labute approximate surface area is 211 Å². The number of aryl methyl sites for hydroxylation is 2. The van der Waals surface area contributed by atoms with Crippen LogP contribution in [0.5, 0.6) is 11.5 Å². The summed E-state index contributed by atoms with van der Waals surface area (Å²) in [5.74, 6) is 1.29. The van der Waals surface area contributed by atoms with E-state index >= 15 is 0 Å². The largest absolute Gasteiger partial charge is 0.496 e. The number of ether oxygens (including phenoxy) is 2. The molecule has 0 radical (unpaired) electrons. The molecule has 4 rings (SSSR count). The Morgan fingerprint density at radius 2 is 1.94 bits per heavy atom. The number of benzene rings is 2. The SMILES string of the molecule is CCn1ncc(Cn2cc(NC(=O)/C=C/c3ccc(OC)c(COc4cccc(C)c4)c3)cn2)c1C. The molecule has 0 bridgehead atoms. The van der Waals surface area contributed by atoms with Gasteiger partial charge in [0.1, 0.15) is 18.1 Å². The number of anilines is 1. The van der Waals surface area contributed by atoms with Gasteiger partial charge in [0.15, 0.2) is 0 Å². The molecule has 4 aromatic rings. The minimum atomic E-state index is -0.238. The molecule has 8 nitrogen and oxygen atoms in total. The minimum Gasteiger partial charge on any atom is -0.496 e. The molecule has 1 amide bonds. The lowest BCUT2D eigenvalue weighted by atomic mass is 10.1. The molecule has 36 heavy (non-hydrogen) atoms. The Hall–Kier alpha value is -4.33. The summed E-state index contributed by atoms with van der Waals surface area (Å²) in [6.45, 7) is 7.91. The van der Waals surface area contributed by atoms with Crippen molar-refractivity contribution >= 4 is 17.7 Å². The van der Waals surface area contributed by atoms with Crippen molar-refractivity contribution in [1.82, 2.24) is 19.6 Å². The molecule has 0 aliphatic carbocycles. The highest BCUT2D eigenvalue weighted by Crippen LogP contribution is 2.23. The van der Waals surface area contributed by atoms with Crippen molar-refractivity contribution < 1.29 is 14.3 Å². The Kier molecular flexibility index (Phi) is 7.85. The van der Waals surface area contributed by atoms with Gasteiger partial charge in [0.25, 0.3) is 0 Å². The predicted molar refractivity (Wildman–Crippen MR) is 140 cm³/mol. The summed E-state index contributed by atoms with van der Waals surface area (Å²) in [6, 6.07) is 13.6. The van der Waals surface area contributed by atoms with Crippen molar-refractivity contribution in [3.63, 3.8) is 0 Å². The maximum atomic E-state index is 12.5. The second kappa shape index (κ2) is 11.4. The van der Waals surface area contributed by atoms with E-state index in [1.54, 1.807) is 24.1 Å². The number of hydrogen-bond acceptors (Lipinski definition) is 5. The molecule has 2 aromatic carbocycles. The molecule has 8 heteroatoms. The summed E-state index contributed by atoms with van der Waals surface area (Å²) in [5, 5.41) is 11.6. The van der Waals surface area contributed by atoms with Gasteiger partial charge in [-0.2, -0.15) is 10.2 Å². The van der Waals surface area contributed by atoms with E-state index in [4.69, 9.17) is 9.47 Å². The molecule has 0 spiro atoms. The van der Waals surface area contributed by atoms with Crippen LogP contribution in [0.2, 0.25) is 0 Å². The molecule has 2 aromatic heterocycles. The number of nitrogens with zero attached hydrogens (tertiary/aromatic N) is 4. The third-order valence-corrected chi connectivity index (χ3v) is 5.85. The first-order chi connectivity index (χ1) is 17.4. The van der Waals surface area contributed by atoms with Crippen LogP contribution in [0.3, 0.4) is 0 Å². The molecule has 0 aliphatic rings. The highest BCUT2D eigenvalue weighted by atomic mass is 16.5. The van der Waals surface area contributed by atoms with Crippen LogP contribution in [0.1, 0.15) is 34.9 Å². The average Bonchev–Trinajstić information content (AvgIpc) is 3.47. The monoisotopic (exact) mass is 485 g/mol. The molecule has 0 unspecified atom stereocenters. The lowest BCUT2D eigenvalue weighted by Crippen LogP contribution is -2.07. The van der Waals surface area contributed by atoms with E-state index < -0.39 is 0 Å². The number of carbonyl (C=O) groups is 1. The summed E-state index contributed by atoms with van der Waals surface area (Å²) in [5.41, 5.74) is 5.74. The molecule has 0 saturated carbocycles. The van der Waals surface area contributed by atoms with Crippen molar-refractivity contribution in [1.29, 1.82) is 0 Å². The lowest BCUT2D eigenvalue weighted by molar-refractivity contribution is -0.111. The number of rotatable bonds is 10. The normalized spacial score (nSPS) is 11.1. The van der Waals surface area contributed by atoms with Crippen LogP contribution < -0.4 is 14.8 Å². The molecular formula is C28H31N5O3. The zero-order chi connectivity index (χ0) is 25.5. The molecule has 0 aliphatic heterocycles.